The van der Waals surface area contributed by atoms with Gasteiger partial charge in [0, 0.05) is 15.1 Å². The van der Waals surface area contributed by atoms with Gasteiger partial charge < -0.3 is 0 Å². The molecule has 8 heteroatoms. The first kappa shape index (κ1) is 36.0. The Labute approximate surface area is 252 Å². The van der Waals surface area contributed by atoms with E-state index in [1.165, 1.54) is 44.1 Å². The molecular formula is C35H44F6O2. The normalized spacial score (nSPS) is 21.0. The quantitative estimate of drug-likeness (QED) is 0.268. The Hall–Kier alpha value is -3.16. The van der Waals surface area contributed by atoms with Crippen LogP contribution in [-0.2, 0) is 6.67 Å². The highest BCUT2D eigenvalue weighted by Crippen LogP contribution is 2.41. The molecule has 0 unspecified atom stereocenters. The maximum absolute atomic E-state index is 12.5. The van der Waals surface area contributed by atoms with E-state index < -0.39 is 11.6 Å². The van der Waals surface area contributed by atoms with Crippen molar-refractivity contribution in [3.63, 3.8) is 0 Å². The number of halogens is 6. The fourth-order valence-electron chi connectivity index (χ4n) is 5.36. The summed E-state index contributed by atoms with van der Waals surface area (Å²) in [7, 11) is 0. The molecule has 0 radical (unpaired) electrons. The van der Waals surface area contributed by atoms with Crippen LogP contribution in [0.2, 0.25) is 0 Å². The Bertz CT molecular complexity index is 1090. The molecule has 2 nitrogen and oxygen atoms in total. The van der Waals surface area contributed by atoms with Crippen LogP contribution in [0.5, 0.6) is 11.5 Å². The SMILES string of the molecule is CC1CCC(C2CCC(CF)CC2)CC1.Cc1ccc(CF)cc1.Cc1ccc(OF)cc1.FOc1ccc(F)c(F)c1. The molecule has 0 heterocycles. The van der Waals surface area contributed by atoms with E-state index in [0.717, 1.165) is 53.9 Å². The minimum Gasteiger partial charge on any atom is -0.294 e. The third kappa shape index (κ3) is 13.8. The molecule has 0 N–H and O–H groups in total. The fraction of sp³-hybridized carbons (Fsp3) is 0.486. The molecule has 5 rings (SSSR count). The van der Waals surface area contributed by atoms with Crippen LogP contribution in [0.15, 0.2) is 66.7 Å². The monoisotopic (exact) mass is 610 g/mol. The van der Waals surface area contributed by atoms with Crippen LogP contribution >= 0.6 is 0 Å². The number of hydrogen-bond acceptors (Lipinski definition) is 2. The Kier molecular flexibility index (Phi) is 16.7. The molecule has 2 aliphatic carbocycles. The van der Waals surface area contributed by atoms with Gasteiger partial charge in [0.25, 0.3) is 0 Å². The molecule has 0 atom stereocenters. The fourth-order valence-corrected chi connectivity index (χ4v) is 5.36. The van der Waals surface area contributed by atoms with Crippen LogP contribution in [0.25, 0.3) is 0 Å². The molecule has 3 aromatic carbocycles. The van der Waals surface area contributed by atoms with Crippen molar-refractivity contribution in [1.82, 2.24) is 0 Å². The number of benzene rings is 3. The zero-order valence-electron chi connectivity index (χ0n) is 25.3. The summed E-state index contributed by atoms with van der Waals surface area (Å²) in [4.78, 5) is 6.61. The minimum absolute atomic E-state index is 0.0750. The van der Waals surface area contributed by atoms with Crippen molar-refractivity contribution in [3.05, 3.63) is 95.1 Å². The lowest BCUT2D eigenvalue weighted by molar-refractivity contribution is -0.00667. The Morgan fingerprint density at radius 3 is 1.51 bits per heavy atom. The van der Waals surface area contributed by atoms with E-state index in [0.29, 0.717) is 12.0 Å². The lowest BCUT2D eigenvalue weighted by Crippen LogP contribution is -2.25. The van der Waals surface area contributed by atoms with Gasteiger partial charge in [-0.2, -0.15) is 0 Å². The summed E-state index contributed by atoms with van der Waals surface area (Å²) in [6, 6.07) is 16.5. The molecule has 3 aromatic rings. The van der Waals surface area contributed by atoms with Crippen molar-refractivity contribution in [3.8, 4) is 11.5 Å². The maximum atomic E-state index is 12.5. The van der Waals surface area contributed by atoms with Gasteiger partial charge in [-0.1, -0.05) is 67.3 Å². The van der Waals surface area contributed by atoms with E-state index >= 15 is 0 Å². The first-order valence-corrected chi connectivity index (χ1v) is 14.9. The van der Waals surface area contributed by atoms with E-state index in [2.05, 4.69) is 16.8 Å². The van der Waals surface area contributed by atoms with Gasteiger partial charge in [-0.25, -0.2) is 13.2 Å². The zero-order valence-corrected chi connectivity index (χ0v) is 25.3. The van der Waals surface area contributed by atoms with E-state index in [9.17, 15) is 26.6 Å². The molecular weight excluding hydrogens is 566 g/mol. The van der Waals surface area contributed by atoms with Gasteiger partial charge in [-0.15, -0.1) is 0 Å². The Morgan fingerprint density at radius 1 is 0.605 bits per heavy atom. The molecule has 43 heavy (non-hydrogen) atoms. The third-order valence-electron chi connectivity index (χ3n) is 8.20. The summed E-state index contributed by atoms with van der Waals surface area (Å²) in [6.45, 7) is 5.87. The average molecular weight is 611 g/mol. The highest BCUT2D eigenvalue weighted by molar-refractivity contribution is 5.25. The second-order valence-electron chi connectivity index (χ2n) is 11.6. The molecule has 0 aliphatic heterocycles. The minimum atomic E-state index is -1.13. The summed E-state index contributed by atoms with van der Waals surface area (Å²) < 4.78 is 71.2. The average Bonchev–Trinajstić information content (AvgIpc) is 3.04. The van der Waals surface area contributed by atoms with Crippen molar-refractivity contribution >= 4 is 0 Å². The lowest BCUT2D eigenvalue weighted by Gasteiger charge is -2.36. The Morgan fingerprint density at radius 2 is 1.07 bits per heavy atom. The topological polar surface area (TPSA) is 18.5 Å². The molecule has 0 aromatic heterocycles. The molecule has 238 valence electrons. The summed E-state index contributed by atoms with van der Waals surface area (Å²) in [6.07, 6.45) is 10.7. The highest BCUT2D eigenvalue weighted by atomic mass is 19.3. The molecule has 2 aliphatic rings. The number of alkyl halides is 2. The molecule has 0 bridgehead atoms. The second-order valence-corrected chi connectivity index (χ2v) is 11.6. The van der Waals surface area contributed by atoms with Gasteiger partial charge in [0.1, 0.15) is 6.67 Å². The van der Waals surface area contributed by atoms with Crippen LogP contribution in [0.1, 0.15) is 75.0 Å². The zero-order chi connectivity index (χ0) is 31.6. The van der Waals surface area contributed by atoms with Gasteiger partial charge in [-0.3, -0.25) is 14.3 Å². The van der Waals surface area contributed by atoms with Gasteiger partial charge in [0.2, 0.25) is 0 Å². The summed E-state index contributed by atoms with van der Waals surface area (Å²) in [5, 5.41) is 0. The van der Waals surface area contributed by atoms with E-state index in [1.807, 2.05) is 26.0 Å². The van der Waals surface area contributed by atoms with Gasteiger partial charge in [0.15, 0.2) is 23.1 Å². The first-order chi connectivity index (χ1) is 20.7. The molecule has 0 spiro atoms. The van der Waals surface area contributed by atoms with Crippen LogP contribution in [0.3, 0.4) is 0 Å². The van der Waals surface area contributed by atoms with Crippen LogP contribution in [0.4, 0.5) is 26.6 Å². The number of aryl methyl sites for hydroxylation is 2. The lowest BCUT2D eigenvalue weighted by atomic mass is 9.69. The van der Waals surface area contributed by atoms with Gasteiger partial charge in [-0.05, 0) is 106 Å². The van der Waals surface area contributed by atoms with Crippen molar-refractivity contribution in [2.24, 2.45) is 23.7 Å². The standard InChI is InChI=1S/C14H25F.C8H9F.C7H7FO.C6H3F3O/c1-11-2-6-13(7-3-11)14-8-4-12(10-15)5-9-14;1-7-2-4-8(6-9)5-3-7;1-6-2-4-7(9-8)5-3-6;7-5-2-1-4(10-9)3-6(5)8/h11-14H,2-10H2,1H3;2-5H,6H2,1H3;2-5H,1H3;1-3H. The summed E-state index contributed by atoms with van der Waals surface area (Å²) in [5.74, 6) is 1.05. The predicted molar refractivity (Wildman–Crippen MR) is 160 cm³/mol. The van der Waals surface area contributed by atoms with Crippen LogP contribution in [-0.4, -0.2) is 6.67 Å². The van der Waals surface area contributed by atoms with Crippen LogP contribution in [0, 0.1) is 49.2 Å². The number of rotatable bonds is 5. The predicted octanol–water partition coefficient (Wildman–Crippen LogP) is 11.5. The van der Waals surface area contributed by atoms with Gasteiger partial charge in [0.05, 0.1) is 6.67 Å². The van der Waals surface area contributed by atoms with Crippen molar-refractivity contribution in [2.45, 2.75) is 78.8 Å². The van der Waals surface area contributed by atoms with E-state index in [-0.39, 0.29) is 24.8 Å². The summed E-state index contributed by atoms with van der Waals surface area (Å²) >= 11 is 0. The molecule has 0 amide bonds. The van der Waals surface area contributed by atoms with Gasteiger partial charge >= 0.3 is 0 Å². The smallest absolute Gasteiger partial charge is 0.175 e. The molecule has 2 fully saturated rings. The first-order valence-electron chi connectivity index (χ1n) is 14.9. The third-order valence-corrected chi connectivity index (χ3v) is 8.20. The largest absolute Gasteiger partial charge is 0.294 e. The van der Waals surface area contributed by atoms with E-state index in [4.69, 9.17) is 0 Å². The molecule has 2 saturated carbocycles. The Balaban J connectivity index is 0.000000206. The van der Waals surface area contributed by atoms with E-state index in [1.54, 1.807) is 36.4 Å². The summed E-state index contributed by atoms with van der Waals surface area (Å²) in [5.41, 5.74) is 3.02. The maximum Gasteiger partial charge on any atom is 0.175 e. The second kappa shape index (κ2) is 19.9. The number of hydrogen-bond donors (Lipinski definition) is 0. The van der Waals surface area contributed by atoms with Crippen LogP contribution < -0.4 is 9.88 Å². The van der Waals surface area contributed by atoms with Crippen molar-refractivity contribution in [2.75, 3.05) is 6.67 Å². The van der Waals surface area contributed by atoms with Crippen molar-refractivity contribution in [1.29, 1.82) is 0 Å². The van der Waals surface area contributed by atoms with Crippen molar-refractivity contribution < 1.29 is 36.5 Å². The highest BCUT2D eigenvalue weighted by Gasteiger charge is 2.29. The molecule has 0 saturated heterocycles.